The predicted octanol–water partition coefficient (Wildman–Crippen LogP) is 2.27. The molecule has 21 heavy (non-hydrogen) atoms. The first kappa shape index (κ1) is 13.6. The molecule has 1 unspecified atom stereocenters. The van der Waals surface area contributed by atoms with Crippen molar-refractivity contribution in [1.29, 1.82) is 0 Å². The number of benzene rings is 2. The smallest absolute Gasteiger partial charge is 0.280 e. The normalized spacial score (nSPS) is 17.0. The highest BCUT2D eigenvalue weighted by atomic mass is 16.7. The number of hydrogen-bond donors (Lipinski definition) is 1. The van der Waals surface area contributed by atoms with Crippen LogP contribution in [0.25, 0.3) is 0 Å². The molecule has 0 bridgehead atoms. The Morgan fingerprint density at radius 2 is 1.86 bits per heavy atom. The number of carbonyl (C=O) groups excluding carboxylic acids is 1. The van der Waals surface area contributed by atoms with Crippen LogP contribution in [0.5, 0.6) is 5.75 Å². The van der Waals surface area contributed by atoms with Crippen LogP contribution in [0.1, 0.15) is 27.7 Å². The molecular weight excluding hydrogens is 270 g/mol. The van der Waals surface area contributed by atoms with Gasteiger partial charge in [-0.15, -0.1) is 0 Å². The molecule has 0 aliphatic carbocycles. The van der Waals surface area contributed by atoms with Gasteiger partial charge in [0.15, 0.2) is 6.23 Å². The lowest BCUT2D eigenvalue weighted by Crippen LogP contribution is -2.28. The van der Waals surface area contributed by atoms with Crippen LogP contribution in [0.2, 0.25) is 0 Å². The number of fused-ring (bicyclic) bond motifs is 1. The van der Waals surface area contributed by atoms with Gasteiger partial charge in [-0.3, -0.25) is 9.63 Å². The first-order chi connectivity index (χ1) is 10.2. The predicted molar refractivity (Wildman–Crippen MR) is 75.4 cm³/mol. The minimum absolute atomic E-state index is 0.195. The fraction of sp³-hybridized carbons (Fsp3) is 0.188. The molecule has 1 heterocycles. The van der Waals surface area contributed by atoms with E-state index in [4.69, 9.17) is 9.57 Å². The highest BCUT2D eigenvalue weighted by molar-refractivity contribution is 5.98. The molecule has 1 aliphatic heterocycles. The molecule has 1 aliphatic rings. The van der Waals surface area contributed by atoms with E-state index >= 15 is 0 Å². The second-order valence-corrected chi connectivity index (χ2v) is 4.71. The second-order valence-electron chi connectivity index (χ2n) is 4.71. The summed E-state index contributed by atoms with van der Waals surface area (Å²) in [6, 6.07) is 14.3. The Balaban J connectivity index is 1.70. The molecule has 108 valence electrons. The number of amides is 1. The molecule has 0 saturated heterocycles. The summed E-state index contributed by atoms with van der Waals surface area (Å²) in [5.74, 6) is 0.426. The summed E-state index contributed by atoms with van der Waals surface area (Å²) in [7, 11) is 1.60. The Hall–Kier alpha value is -2.37. The van der Waals surface area contributed by atoms with Crippen LogP contribution in [0.4, 0.5) is 0 Å². The van der Waals surface area contributed by atoms with E-state index in [9.17, 15) is 9.90 Å². The van der Waals surface area contributed by atoms with Crippen molar-refractivity contribution in [3.8, 4) is 5.75 Å². The summed E-state index contributed by atoms with van der Waals surface area (Å²) in [6.07, 6.45) is -1.06. The molecule has 3 rings (SSSR count). The van der Waals surface area contributed by atoms with Crippen LogP contribution in [0.15, 0.2) is 48.5 Å². The highest BCUT2D eigenvalue weighted by Gasteiger charge is 2.36. The molecule has 2 aromatic carbocycles. The highest BCUT2D eigenvalue weighted by Crippen LogP contribution is 2.31. The lowest BCUT2D eigenvalue weighted by Gasteiger charge is -2.19. The van der Waals surface area contributed by atoms with Gasteiger partial charge < -0.3 is 9.84 Å². The third-order valence-corrected chi connectivity index (χ3v) is 3.42. The minimum Gasteiger partial charge on any atom is -0.497 e. The monoisotopic (exact) mass is 285 g/mol. The van der Waals surface area contributed by atoms with Crippen LogP contribution in [-0.2, 0) is 11.4 Å². The molecule has 5 nitrogen and oxygen atoms in total. The molecule has 0 fully saturated rings. The van der Waals surface area contributed by atoms with Crippen molar-refractivity contribution >= 4 is 5.91 Å². The zero-order valence-corrected chi connectivity index (χ0v) is 11.5. The topological polar surface area (TPSA) is 59.0 Å². The summed E-state index contributed by atoms with van der Waals surface area (Å²) < 4.78 is 5.08. The van der Waals surface area contributed by atoms with E-state index in [0.29, 0.717) is 11.1 Å². The number of aliphatic hydroxyl groups excluding tert-OH is 1. The largest absolute Gasteiger partial charge is 0.497 e. The number of rotatable bonds is 4. The molecular formula is C16H15NO4. The summed E-state index contributed by atoms with van der Waals surface area (Å²) >= 11 is 0. The molecule has 0 spiro atoms. The molecule has 2 aromatic rings. The van der Waals surface area contributed by atoms with Crippen LogP contribution >= 0.6 is 0 Å². The van der Waals surface area contributed by atoms with E-state index in [1.165, 1.54) is 0 Å². The number of ether oxygens (including phenoxy) is 1. The maximum atomic E-state index is 12.1. The number of methoxy groups -OCH3 is 1. The van der Waals surface area contributed by atoms with Gasteiger partial charge in [-0.1, -0.05) is 30.3 Å². The van der Waals surface area contributed by atoms with Crippen molar-refractivity contribution in [3.63, 3.8) is 0 Å². The van der Waals surface area contributed by atoms with Gasteiger partial charge in [0, 0.05) is 11.1 Å². The third kappa shape index (κ3) is 2.49. The van der Waals surface area contributed by atoms with Gasteiger partial charge in [-0.2, -0.15) is 5.06 Å². The average molecular weight is 285 g/mol. The van der Waals surface area contributed by atoms with Crippen molar-refractivity contribution in [1.82, 2.24) is 5.06 Å². The Morgan fingerprint density at radius 3 is 2.52 bits per heavy atom. The Bertz CT molecular complexity index is 654. The first-order valence-electron chi connectivity index (χ1n) is 6.57. The molecule has 0 aromatic heterocycles. The van der Waals surface area contributed by atoms with Gasteiger partial charge >= 0.3 is 0 Å². The fourth-order valence-corrected chi connectivity index (χ4v) is 2.27. The van der Waals surface area contributed by atoms with E-state index in [1.54, 1.807) is 31.4 Å². The Morgan fingerprint density at radius 1 is 1.14 bits per heavy atom. The van der Waals surface area contributed by atoms with Crippen molar-refractivity contribution in [2.75, 3.05) is 7.11 Å². The van der Waals surface area contributed by atoms with Crippen molar-refractivity contribution < 1.29 is 19.5 Å². The molecule has 1 N–H and O–H groups in total. The van der Waals surface area contributed by atoms with Gasteiger partial charge in [0.05, 0.1) is 7.11 Å². The van der Waals surface area contributed by atoms with Crippen LogP contribution in [0.3, 0.4) is 0 Å². The van der Waals surface area contributed by atoms with Crippen molar-refractivity contribution in [2.24, 2.45) is 0 Å². The van der Waals surface area contributed by atoms with E-state index in [1.807, 2.05) is 24.3 Å². The summed E-state index contributed by atoms with van der Waals surface area (Å²) in [5.41, 5.74) is 1.92. The number of hydrogen-bond acceptors (Lipinski definition) is 4. The molecule has 1 amide bonds. The fourth-order valence-electron chi connectivity index (χ4n) is 2.27. The van der Waals surface area contributed by atoms with Crippen molar-refractivity contribution in [2.45, 2.75) is 12.8 Å². The van der Waals surface area contributed by atoms with E-state index < -0.39 is 6.23 Å². The van der Waals surface area contributed by atoms with Crippen LogP contribution in [-0.4, -0.2) is 23.2 Å². The summed E-state index contributed by atoms with van der Waals surface area (Å²) in [6.45, 7) is 0.195. The molecule has 0 radical (unpaired) electrons. The first-order valence-corrected chi connectivity index (χ1v) is 6.57. The lowest BCUT2D eigenvalue weighted by molar-refractivity contribution is -0.206. The van der Waals surface area contributed by atoms with Crippen molar-refractivity contribution in [3.05, 3.63) is 65.2 Å². The maximum absolute atomic E-state index is 12.1. The average Bonchev–Trinajstić information content (AvgIpc) is 2.78. The Kier molecular flexibility index (Phi) is 3.60. The van der Waals surface area contributed by atoms with Crippen LogP contribution in [0, 0.1) is 0 Å². The molecule has 0 saturated carbocycles. The zero-order chi connectivity index (χ0) is 14.8. The summed E-state index contributed by atoms with van der Waals surface area (Å²) in [5, 5.41) is 11.1. The van der Waals surface area contributed by atoms with Gasteiger partial charge in [0.2, 0.25) is 0 Å². The number of nitrogens with zero attached hydrogens (tertiary/aromatic N) is 1. The van der Waals surface area contributed by atoms with E-state index in [2.05, 4.69) is 0 Å². The number of hydroxylamine groups is 2. The van der Waals surface area contributed by atoms with Gasteiger partial charge in [0.25, 0.3) is 5.91 Å². The molecule has 1 atom stereocenters. The van der Waals surface area contributed by atoms with Gasteiger partial charge in [0.1, 0.15) is 12.4 Å². The van der Waals surface area contributed by atoms with Gasteiger partial charge in [-0.05, 0) is 23.8 Å². The SMILES string of the molecule is COc1ccc(CON2C(=O)c3ccccc3C2O)cc1. The Labute approximate surface area is 122 Å². The minimum atomic E-state index is -1.06. The summed E-state index contributed by atoms with van der Waals surface area (Å²) in [4.78, 5) is 17.6. The van der Waals surface area contributed by atoms with E-state index in [0.717, 1.165) is 16.4 Å². The quantitative estimate of drug-likeness (QED) is 0.936. The van der Waals surface area contributed by atoms with Gasteiger partial charge in [-0.25, -0.2) is 0 Å². The second kappa shape index (κ2) is 5.55. The lowest BCUT2D eigenvalue weighted by atomic mass is 10.1. The zero-order valence-electron chi connectivity index (χ0n) is 11.5. The van der Waals surface area contributed by atoms with Crippen LogP contribution < -0.4 is 4.74 Å². The number of carbonyl (C=O) groups is 1. The maximum Gasteiger partial charge on any atom is 0.280 e. The number of aliphatic hydroxyl groups is 1. The standard InChI is InChI=1S/C16H15NO4/c1-20-12-8-6-11(7-9-12)10-21-17-15(18)13-4-2-3-5-14(13)16(17)19/h2-9,15,18H,10H2,1H3. The molecule has 5 heteroatoms. The van der Waals surface area contributed by atoms with E-state index in [-0.39, 0.29) is 12.5 Å². The third-order valence-electron chi connectivity index (χ3n) is 3.42.